The summed E-state index contributed by atoms with van der Waals surface area (Å²) in [6, 6.07) is 3.57. The summed E-state index contributed by atoms with van der Waals surface area (Å²) >= 11 is 0. The molecule has 0 amide bonds. The Kier molecular flexibility index (Phi) is 3.92. The zero-order valence-electron chi connectivity index (χ0n) is 11.6. The fraction of sp³-hybridized carbons (Fsp3) is 0.600. The third-order valence-corrected chi connectivity index (χ3v) is 4.54. The molecule has 1 aromatic rings. The number of rotatable bonds is 3. The molecule has 3 rings (SSSR count). The van der Waals surface area contributed by atoms with Gasteiger partial charge in [-0.15, -0.1) is 0 Å². The van der Waals surface area contributed by atoms with Crippen LogP contribution in [0.1, 0.15) is 30.4 Å². The van der Waals surface area contributed by atoms with Crippen LogP contribution in [0.4, 0.5) is 17.6 Å². The van der Waals surface area contributed by atoms with Gasteiger partial charge in [-0.05, 0) is 43.5 Å². The molecule has 0 aliphatic carbocycles. The van der Waals surface area contributed by atoms with Crippen LogP contribution in [-0.2, 0) is 12.7 Å². The van der Waals surface area contributed by atoms with Gasteiger partial charge in [0.25, 0.3) is 0 Å². The first-order valence-electron chi connectivity index (χ1n) is 7.28. The number of hydrogen-bond donors (Lipinski definition) is 1. The van der Waals surface area contributed by atoms with Crippen LogP contribution in [0.2, 0.25) is 0 Å². The molecular formula is C15H18F4N2. The van der Waals surface area contributed by atoms with Gasteiger partial charge in [0.05, 0.1) is 5.56 Å². The van der Waals surface area contributed by atoms with E-state index < -0.39 is 17.6 Å². The average molecular weight is 302 g/mol. The Morgan fingerprint density at radius 2 is 2.00 bits per heavy atom. The highest BCUT2D eigenvalue weighted by Gasteiger charge is 2.37. The molecule has 0 radical (unpaired) electrons. The van der Waals surface area contributed by atoms with Gasteiger partial charge in [0.15, 0.2) is 0 Å². The Morgan fingerprint density at radius 1 is 1.19 bits per heavy atom. The lowest BCUT2D eigenvalue weighted by molar-refractivity contribution is -0.138. The molecule has 2 nitrogen and oxygen atoms in total. The van der Waals surface area contributed by atoms with E-state index in [-0.39, 0.29) is 18.2 Å². The minimum Gasteiger partial charge on any atom is -0.308 e. The maximum atomic E-state index is 13.1. The molecular weight excluding hydrogens is 284 g/mol. The first kappa shape index (κ1) is 14.8. The Bertz CT molecular complexity index is 515. The Hall–Kier alpha value is -1.14. The number of halogens is 4. The number of fused-ring (bicyclic) bond motifs is 1. The van der Waals surface area contributed by atoms with Crippen molar-refractivity contribution in [3.63, 3.8) is 0 Å². The number of nitrogens with zero attached hydrogens (tertiary/aromatic N) is 1. The van der Waals surface area contributed by atoms with Crippen LogP contribution in [0.15, 0.2) is 18.2 Å². The molecule has 2 atom stereocenters. The lowest BCUT2D eigenvalue weighted by atomic mass is 10.0. The van der Waals surface area contributed by atoms with Crippen molar-refractivity contribution in [2.24, 2.45) is 0 Å². The molecule has 0 spiro atoms. The van der Waals surface area contributed by atoms with E-state index >= 15 is 0 Å². The quantitative estimate of drug-likeness (QED) is 0.863. The third-order valence-electron chi connectivity index (χ3n) is 4.54. The van der Waals surface area contributed by atoms with Crippen LogP contribution in [-0.4, -0.2) is 30.1 Å². The summed E-state index contributed by atoms with van der Waals surface area (Å²) in [6.45, 7) is 2.23. The monoisotopic (exact) mass is 302 g/mol. The molecule has 0 aromatic heterocycles. The van der Waals surface area contributed by atoms with Crippen LogP contribution in [0.25, 0.3) is 0 Å². The van der Waals surface area contributed by atoms with Crippen molar-refractivity contribution in [1.29, 1.82) is 0 Å². The van der Waals surface area contributed by atoms with E-state index in [2.05, 4.69) is 10.2 Å². The second-order valence-corrected chi connectivity index (χ2v) is 5.82. The molecule has 6 heteroatoms. The average Bonchev–Trinajstić information content (AvgIpc) is 2.99. The standard InChI is InChI=1S/C15H18F4N2/c16-11-4-3-10(12(8-11)15(17,18)19)9-20-13-5-7-21-6-1-2-14(13)21/h3-4,8,13-14,20H,1-2,5-7,9H2. The van der Waals surface area contributed by atoms with Gasteiger partial charge in [-0.25, -0.2) is 4.39 Å². The summed E-state index contributed by atoms with van der Waals surface area (Å²) in [7, 11) is 0. The van der Waals surface area contributed by atoms with Gasteiger partial charge in [-0.1, -0.05) is 6.07 Å². The Balaban J connectivity index is 1.71. The maximum absolute atomic E-state index is 13.1. The second kappa shape index (κ2) is 5.57. The summed E-state index contributed by atoms with van der Waals surface area (Å²) in [6.07, 6.45) is -1.29. The molecule has 2 heterocycles. The van der Waals surface area contributed by atoms with Crippen molar-refractivity contribution in [2.75, 3.05) is 13.1 Å². The summed E-state index contributed by atoms with van der Waals surface area (Å²) in [4.78, 5) is 2.40. The lowest BCUT2D eigenvalue weighted by Crippen LogP contribution is -2.39. The third kappa shape index (κ3) is 3.06. The smallest absolute Gasteiger partial charge is 0.308 e. The molecule has 2 saturated heterocycles. The van der Waals surface area contributed by atoms with Gasteiger partial charge >= 0.3 is 6.18 Å². The molecule has 2 aliphatic heterocycles. The number of hydrogen-bond acceptors (Lipinski definition) is 2. The van der Waals surface area contributed by atoms with Crippen molar-refractivity contribution in [2.45, 2.75) is 44.1 Å². The normalized spacial score (nSPS) is 26.3. The first-order valence-corrected chi connectivity index (χ1v) is 7.28. The zero-order valence-corrected chi connectivity index (χ0v) is 11.6. The SMILES string of the molecule is Fc1ccc(CNC2CCN3CCCC23)c(C(F)(F)F)c1. The van der Waals surface area contributed by atoms with Gasteiger partial charge in [0.1, 0.15) is 5.82 Å². The van der Waals surface area contributed by atoms with Crippen LogP contribution in [0, 0.1) is 5.82 Å². The number of alkyl halides is 3. The van der Waals surface area contributed by atoms with E-state index in [1.54, 1.807) is 0 Å². The molecule has 0 bridgehead atoms. The van der Waals surface area contributed by atoms with Gasteiger partial charge in [-0.3, -0.25) is 4.90 Å². The molecule has 2 unspecified atom stereocenters. The van der Waals surface area contributed by atoms with Gasteiger partial charge in [-0.2, -0.15) is 13.2 Å². The molecule has 116 valence electrons. The van der Waals surface area contributed by atoms with E-state index in [4.69, 9.17) is 0 Å². The highest BCUT2D eigenvalue weighted by atomic mass is 19.4. The minimum absolute atomic E-state index is 0.111. The van der Waals surface area contributed by atoms with E-state index in [1.165, 1.54) is 6.07 Å². The number of benzene rings is 1. The Labute approximate surface area is 121 Å². The maximum Gasteiger partial charge on any atom is 0.416 e. The van der Waals surface area contributed by atoms with Crippen molar-refractivity contribution >= 4 is 0 Å². The van der Waals surface area contributed by atoms with E-state index in [9.17, 15) is 17.6 Å². The van der Waals surface area contributed by atoms with Gasteiger partial charge in [0.2, 0.25) is 0 Å². The lowest BCUT2D eigenvalue weighted by Gasteiger charge is -2.22. The van der Waals surface area contributed by atoms with Crippen LogP contribution in [0.3, 0.4) is 0 Å². The van der Waals surface area contributed by atoms with Crippen LogP contribution < -0.4 is 5.32 Å². The number of nitrogens with one attached hydrogen (secondary N) is 1. The summed E-state index contributed by atoms with van der Waals surface area (Å²) in [5, 5.41) is 3.24. The fourth-order valence-corrected chi connectivity index (χ4v) is 3.53. The molecule has 2 fully saturated rings. The highest BCUT2D eigenvalue weighted by molar-refractivity contribution is 5.30. The highest BCUT2D eigenvalue weighted by Crippen LogP contribution is 2.33. The Morgan fingerprint density at radius 3 is 2.76 bits per heavy atom. The largest absolute Gasteiger partial charge is 0.416 e. The van der Waals surface area contributed by atoms with Crippen LogP contribution >= 0.6 is 0 Å². The topological polar surface area (TPSA) is 15.3 Å². The second-order valence-electron chi connectivity index (χ2n) is 5.82. The van der Waals surface area contributed by atoms with Crippen molar-refractivity contribution in [1.82, 2.24) is 10.2 Å². The van der Waals surface area contributed by atoms with Gasteiger partial charge < -0.3 is 5.32 Å². The van der Waals surface area contributed by atoms with Gasteiger partial charge in [0, 0.05) is 25.2 Å². The van der Waals surface area contributed by atoms with E-state index in [1.807, 2.05) is 0 Å². The predicted octanol–water partition coefficient (Wildman–Crippen LogP) is 3.17. The summed E-state index contributed by atoms with van der Waals surface area (Å²) in [5.74, 6) is -0.853. The van der Waals surface area contributed by atoms with Crippen molar-refractivity contribution < 1.29 is 17.6 Å². The summed E-state index contributed by atoms with van der Waals surface area (Å²) < 4.78 is 51.9. The molecule has 1 N–H and O–H groups in total. The molecule has 2 aliphatic rings. The van der Waals surface area contributed by atoms with E-state index in [0.29, 0.717) is 12.1 Å². The summed E-state index contributed by atoms with van der Waals surface area (Å²) in [5.41, 5.74) is -0.767. The first-order chi connectivity index (χ1) is 9.95. The van der Waals surface area contributed by atoms with Crippen molar-refractivity contribution in [3.05, 3.63) is 35.1 Å². The van der Waals surface area contributed by atoms with Crippen LogP contribution in [0.5, 0.6) is 0 Å². The minimum atomic E-state index is -4.52. The van der Waals surface area contributed by atoms with E-state index in [0.717, 1.165) is 38.4 Å². The predicted molar refractivity (Wildman–Crippen MR) is 71.2 cm³/mol. The van der Waals surface area contributed by atoms with Crippen molar-refractivity contribution in [3.8, 4) is 0 Å². The zero-order chi connectivity index (χ0) is 15.0. The molecule has 0 saturated carbocycles. The molecule has 1 aromatic carbocycles. The fourth-order valence-electron chi connectivity index (χ4n) is 3.53. The molecule has 21 heavy (non-hydrogen) atoms.